The van der Waals surface area contributed by atoms with Crippen LogP contribution in [0.4, 0.5) is 0 Å². The summed E-state index contributed by atoms with van der Waals surface area (Å²) in [5.41, 5.74) is 2.70. The fourth-order valence-corrected chi connectivity index (χ4v) is 5.66. The SMILES string of the molecule is CCCC1CC(=O)C2=C(C1)N=C(C)C(C#N)C2c1cc(Br)c(OS(C)(=O)=O)c(OCC)c1. The van der Waals surface area contributed by atoms with E-state index in [9.17, 15) is 18.5 Å². The third-order valence-electron chi connectivity index (χ3n) is 5.73. The van der Waals surface area contributed by atoms with Crippen LogP contribution in [0.25, 0.3) is 0 Å². The lowest BCUT2D eigenvalue weighted by molar-refractivity contribution is -0.117. The zero-order valence-electron chi connectivity index (χ0n) is 18.6. The minimum absolute atomic E-state index is 0.0248. The highest BCUT2D eigenvalue weighted by atomic mass is 79.9. The molecular formula is C23H27BrN2O5S. The molecule has 2 aliphatic rings. The van der Waals surface area contributed by atoms with Crippen LogP contribution in [0.3, 0.4) is 0 Å². The van der Waals surface area contributed by atoms with Crippen molar-refractivity contribution in [2.24, 2.45) is 16.8 Å². The zero-order chi connectivity index (χ0) is 23.6. The minimum Gasteiger partial charge on any atom is -0.490 e. The van der Waals surface area contributed by atoms with Crippen LogP contribution >= 0.6 is 15.9 Å². The van der Waals surface area contributed by atoms with Gasteiger partial charge in [0.05, 0.1) is 29.3 Å². The Labute approximate surface area is 197 Å². The standard InChI is InChI=1S/C23H27BrN2O5S/c1-5-7-14-8-18-22(19(27)9-14)21(16(12-25)13(3)26-18)15-10-17(24)23(31-32(4,28)29)20(11-15)30-6-2/h10-11,14,16,21H,5-9H2,1-4H3. The van der Waals surface area contributed by atoms with E-state index in [2.05, 4.69) is 33.9 Å². The maximum absolute atomic E-state index is 13.2. The van der Waals surface area contributed by atoms with Gasteiger partial charge in [-0.05, 0) is 66.2 Å². The molecule has 0 spiro atoms. The molecule has 1 aromatic rings. The normalized spacial score (nSPS) is 23.3. The number of carbonyl (C=O) groups is 1. The van der Waals surface area contributed by atoms with Gasteiger partial charge in [0.25, 0.3) is 0 Å². The molecule has 9 heteroatoms. The molecular weight excluding hydrogens is 496 g/mol. The van der Waals surface area contributed by atoms with E-state index in [1.54, 1.807) is 19.1 Å². The van der Waals surface area contributed by atoms with Gasteiger partial charge in [-0.1, -0.05) is 13.3 Å². The Balaban J connectivity index is 2.17. The maximum atomic E-state index is 13.2. The van der Waals surface area contributed by atoms with Gasteiger partial charge < -0.3 is 8.92 Å². The number of benzene rings is 1. The second-order valence-corrected chi connectivity index (χ2v) is 10.7. The Morgan fingerprint density at radius 3 is 2.59 bits per heavy atom. The second kappa shape index (κ2) is 9.75. The van der Waals surface area contributed by atoms with Gasteiger partial charge >= 0.3 is 10.1 Å². The van der Waals surface area contributed by atoms with E-state index < -0.39 is 22.0 Å². The molecule has 172 valence electrons. The molecule has 3 atom stereocenters. The van der Waals surface area contributed by atoms with E-state index in [0.717, 1.165) is 31.2 Å². The number of Topliss-reactive ketones (excluding diaryl/α,β-unsaturated/α-hetero) is 1. The van der Waals surface area contributed by atoms with Crippen LogP contribution in [0.5, 0.6) is 11.5 Å². The molecule has 32 heavy (non-hydrogen) atoms. The fraction of sp³-hybridized carbons (Fsp3) is 0.522. The predicted molar refractivity (Wildman–Crippen MR) is 125 cm³/mol. The molecule has 7 nitrogen and oxygen atoms in total. The van der Waals surface area contributed by atoms with Gasteiger partial charge in [0.1, 0.15) is 0 Å². The summed E-state index contributed by atoms with van der Waals surface area (Å²) in [4.78, 5) is 17.9. The smallest absolute Gasteiger partial charge is 0.306 e. The van der Waals surface area contributed by atoms with E-state index in [1.165, 1.54) is 0 Å². The molecule has 0 N–H and O–H groups in total. The molecule has 0 saturated carbocycles. The van der Waals surface area contributed by atoms with Crippen molar-refractivity contribution in [1.82, 2.24) is 0 Å². The average Bonchev–Trinajstić information content (AvgIpc) is 2.69. The zero-order valence-corrected chi connectivity index (χ0v) is 21.0. The molecule has 0 amide bonds. The first kappa shape index (κ1) is 24.5. The maximum Gasteiger partial charge on any atom is 0.306 e. The minimum atomic E-state index is -3.79. The van der Waals surface area contributed by atoms with E-state index in [1.807, 2.05) is 6.92 Å². The van der Waals surface area contributed by atoms with Gasteiger partial charge in [0, 0.05) is 29.3 Å². The van der Waals surface area contributed by atoms with E-state index in [0.29, 0.717) is 27.7 Å². The van der Waals surface area contributed by atoms with E-state index >= 15 is 0 Å². The first-order chi connectivity index (χ1) is 15.1. The number of rotatable bonds is 7. The molecule has 0 fully saturated rings. The fourth-order valence-electron chi connectivity index (χ4n) is 4.54. The highest BCUT2D eigenvalue weighted by Crippen LogP contribution is 2.48. The molecule has 1 heterocycles. The lowest BCUT2D eigenvalue weighted by Crippen LogP contribution is -2.32. The van der Waals surface area contributed by atoms with Crippen LogP contribution in [0.2, 0.25) is 0 Å². The van der Waals surface area contributed by atoms with Gasteiger partial charge in [-0.15, -0.1) is 0 Å². The van der Waals surface area contributed by atoms with Gasteiger partial charge in [-0.2, -0.15) is 13.7 Å². The predicted octanol–water partition coefficient (Wildman–Crippen LogP) is 4.92. The third-order valence-corrected chi connectivity index (χ3v) is 6.79. The average molecular weight is 523 g/mol. The molecule has 0 saturated heterocycles. The summed E-state index contributed by atoms with van der Waals surface area (Å²) in [6.07, 6.45) is 4.08. The number of halogens is 1. The molecule has 0 bridgehead atoms. The van der Waals surface area contributed by atoms with Gasteiger partial charge in [0.15, 0.2) is 17.3 Å². The lowest BCUT2D eigenvalue weighted by atomic mass is 9.70. The van der Waals surface area contributed by atoms with Crippen LogP contribution in [0, 0.1) is 23.2 Å². The van der Waals surface area contributed by atoms with Gasteiger partial charge in [0.2, 0.25) is 0 Å². The number of allylic oxidation sites excluding steroid dienone is 2. The Hall–Kier alpha value is -2.18. The number of hydrogen-bond acceptors (Lipinski definition) is 7. The topological polar surface area (TPSA) is 106 Å². The summed E-state index contributed by atoms with van der Waals surface area (Å²) < 4.78 is 34.7. The largest absolute Gasteiger partial charge is 0.490 e. The van der Waals surface area contributed by atoms with Crippen molar-refractivity contribution in [3.05, 3.63) is 33.4 Å². The molecule has 3 unspecified atom stereocenters. The van der Waals surface area contributed by atoms with Crippen LogP contribution in [0.15, 0.2) is 32.9 Å². The number of nitriles is 1. The van der Waals surface area contributed by atoms with Crippen LogP contribution < -0.4 is 8.92 Å². The summed E-state index contributed by atoms with van der Waals surface area (Å²) in [7, 11) is -3.79. The molecule has 0 radical (unpaired) electrons. The van der Waals surface area contributed by atoms with Gasteiger partial charge in [-0.3, -0.25) is 9.79 Å². The summed E-state index contributed by atoms with van der Waals surface area (Å²) >= 11 is 3.39. The van der Waals surface area contributed by atoms with Crippen molar-refractivity contribution in [3.63, 3.8) is 0 Å². The van der Waals surface area contributed by atoms with Crippen molar-refractivity contribution >= 4 is 37.5 Å². The van der Waals surface area contributed by atoms with Crippen molar-refractivity contribution in [3.8, 4) is 17.6 Å². The summed E-state index contributed by atoms with van der Waals surface area (Å²) in [6, 6.07) is 5.68. The number of aliphatic imine (C=N–C) groups is 1. The molecule has 1 aliphatic carbocycles. The Bertz CT molecular complexity index is 1130. The first-order valence-electron chi connectivity index (χ1n) is 10.7. The quantitative estimate of drug-likeness (QED) is 0.470. The highest BCUT2D eigenvalue weighted by molar-refractivity contribution is 9.10. The first-order valence-corrected chi connectivity index (χ1v) is 13.3. The van der Waals surface area contributed by atoms with Crippen molar-refractivity contribution < 1.29 is 22.1 Å². The monoisotopic (exact) mass is 522 g/mol. The van der Waals surface area contributed by atoms with Crippen molar-refractivity contribution in [2.75, 3.05) is 12.9 Å². The van der Waals surface area contributed by atoms with Crippen LogP contribution in [-0.2, 0) is 14.9 Å². The van der Waals surface area contributed by atoms with Crippen molar-refractivity contribution in [2.45, 2.75) is 52.4 Å². The summed E-state index contributed by atoms with van der Waals surface area (Å²) in [5.74, 6) is -0.558. The number of hydrogen-bond donors (Lipinski definition) is 0. The summed E-state index contributed by atoms with van der Waals surface area (Å²) in [6.45, 7) is 5.98. The second-order valence-electron chi connectivity index (χ2n) is 8.23. The van der Waals surface area contributed by atoms with Crippen LogP contribution in [0.1, 0.15) is 57.9 Å². The third kappa shape index (κ3) is 5.07. The van der Waals surface area contributed by atoms with Crippen molar-refractivity contribution in [1.29, 1.82) is 5.26 Å². The Kier molecular flexibility index (Phi) is 7.46. The lowest BCUT2D eigenvalue weighted by Gasteiger charge is -2.35. The Morgan fingerprint density at radius 2 is 2.00 bits per heavy atom. The molecule has 1 aliphatic heterocycles. The number of nitrogens with zero attached hydrogens (tertiary/aromatic N) is 2. The molecule has 1 aromatic carbocycles. The summed E-state index contributed by atoms with van der Waals surface area (Å²) in [5, 5.41) is 9.94. The number of ether oxygens (including phenoxy) is 1. The van der Waals surface area contributed by atoms with E-state index in [-0.39, 0.29) is 29.8 Å². The number of ketones is 1. The number of carbonyl (C=O) groups excluding carboxylic acids is 1. The van der Waals surface area contributed by atoms with E-state index in [4.69, 9.17) is 8.92 Å². The van der Waals surface area contributed by atoms with Gasteiger partial charge in [-0.25, -0.2) is 0 Å². The van der Waals surface area contributed by atoms with Crippen LogP contribution in [-0.4, -0.2) is 32.8 Å². The molecule has 3 rings (SSSR count). The highest BCUT2D eigenvalue weighted by Gasteiger charge is 2.41. The molecule has 0 aromatic heterocycles. The Morgan fingerprint density at radius 1 is 1.28 bits per heavy atom.